The molecule has 1 aliphatic carbocycles. The van der Waals surface area contributed by atoms with E-state index in [1.54, 1.807) is 11.9 Å². The molecule has 0 aromatic heterocycles. The number of carbonyl (C=O) groups is 1. The van der Waals surface area contributed by atoms with Gasteiger partial charge in [0.25, 0.3) is 0 Å². The summed E-state index contributed by atoms with van der Waals surface area (Å²) in [5, 5.41) is 3.07. The topological polar surface area (TPSA) is 58.4 Å². The minimum atomic E-state index is -0.0391. The summed E-state index contributed by atoms with van der Waals surface area (Å²) in [6, 6.07) is 8.04. The van der Waals surface area contributed by atoms with Crippen LogP contribution in [0.1, 0.15) is 31.2 Å². The van der Waals surface area contributed by atoms with Crippen molar-refractivity contribution in [1.29, 1.82) is 0 Å². The van der Waals surface area contributed by atoms with Crippen molar-refractivity contribution in [1.82, 2.24) is 5.32 Å². The molecule has 3 N–H and O–H groups in total. The largest absolute Gasteiger partial charge is 0.335 e. The molecule has 4 nitrogen and oxygen atoms in total. The van der Waals surface area contributed by atoms with Gasteiger partial charge in [0.1, 0.15) is 0 Å². The van der Waals surface area contributed by atoms with Crippen molar-refractivity contribution in [3.63, 3.8) is 0 Å². The lowest BCUT2D eigenvalue weighted by Crippen LogP contribution is -2.42. The Morgan fingerprint density at radius 3 is 2.72 bits per heavy atom. The maximum atomic E-state index is 12.1. The number of nitrogens with two attached hydrogens (primary N) is 1. The number of benzene rings is 1. The number of nitrogens with zero attached hydrogens (tertiary/aromatic N) is 1. The van der Waals surface area contributed by atoms with Gasteiger partial charge in [0.15, 0.2) is 0 Å². The van der Waals surface area contributed by atoms with Crippen molar-refractivity contribution in [3.8, 4) is 0 Å². The molecule has 1 aliphatic rings. The molecular formula is C14H21N3O. The lowest BCUT2D eigenvalue weighted by atomic mass is 10.1. The number of carbonyl (C=O) groups excluding carboxylic acids is 1. The molecule has 0 saturated heterocycles. The zero-order chi connectivity index (χ0) is 13.0. The molecule has 0 unspecified atom stereocenters. The molecule has 0 bridgehead atoms. The molecule has 0 heterocycles. The van der Waals surface area contributed by atoms with Crippen LogP contribution in [0.15, 0.2) is 24.3 Å². The van der Waals surface area contributed by atoms with Crippen molar-refractivity contribution in [3.05, 3.63) is 29.8 Å². The van der Waals surface area contributed by atoms with Crippen LogP contribution in [0.5, 0.6) is 0 Å². The van der Waals surface area contributed by atoms with Crippen LogP contribution in [0.4, 0.5) is 10.5 Å². The van der Waals surface area contributed by atoms with E-state index in [0.717, 1.165) is 24.1 Å². The minimum Gasteiger partial charge on any atom is -0.335 e. The highest BCUT2D eigenvalue weighted by molar-refractivity contribution is 5.92. The van der Waals surface area contributed by atoms with E-state index in [0.29, 0.717) is 12.6 Å². The summed E-state index contributed by atoms with van der Waals surface area (Å²) < 4.78 is 0. The number of amides is 2. The van der Waals surface area contributed by atoms with Crippen LogP contribution in [-0.4, -0.2) is 19.1 Å². The first-order chi connectivity index (χ1) is 8.72. The Bertz CT molecular complexity index is 413. The monoisotopic (exact) mass is 247 g/mol. The number of hydrogen-bond donors (Lipinski definition) is 2. The molecule has 1 fully saturated rings. The molecule has 0 atom stereocenters. The second kappa shape index (κ2) is 5.87. The van der Waals surface area contributed by atoms with Crippen molar-refractivity contribution in [2.45, 2.75) is 38.3 Å². The first-order valence-electron chi connectivity index (χ1n) is 6.54. The van der Waals surface area contributed by atoms with Crippen molar-refractivity contribution >= 4 is 11.7 Å². The second-order valence-electron chi connectivity index (χ2n) is 4.82. The third kappa shape index (κ3) is 2.82. The fourth-order valence-electron chi connectivity index (χ4n) is 2.46. The molecule has 4 heteroatoms. The average molecular weight is 247 g/mol. The third-order valence-electron chi connectivity index (χ3n) is 3.56. The van der Waals surface area contributed by atoms with Crippen molar-refractivity contribution in [2.75, 3.05) is 11.9 Å². The Hall–Kier alpha value is -1.55. The number of urea groups is 1. The van der Waals surface area contributed by atoms with E-state index in [4.69, 9.17) is 5.73 Å². The van der Waals surface area contributed by atoms with Crippen LogP contribution >= 0.6 is 0 Å². The maximum absolute atomic E-state index is 12.1. The summed E-state index contributed by atoms with van der Waals surface area (Å²) in [6.45, 7) is 0.442. The molecule has 2 rings (SSSR count). The zero-order valence-corrected chi connectivity index (χ0v) is 10.9. The normalized spacial score (nSPS) is 15.7. The van der Waals surface area contributed by atoms with E-state index in [1.165, 1.54) is 12.8 Å². The predicted molar refractivity (Wildman–Crippen MR) is 73.5 cm³/mol. The fraction of sp³-hybridized carbons (Fsp3) is 0.500. The van der Waals surface area contributed by atoms with Crippen molar-refractivity contribution in [2.24, 2.45) is 5.73 Å². The van der Waals surface area contributed by atoms with Gasteiger partial charge in [0.05, 0.1) is 0 Å². The van der Waals surface area contributed by atoms with E-state index in [-0.39, 0.29) is 6.03 Å². The lowest BCUT2D eigenvalue weighted by molar-refractivity contribution is 0.244. The minimum absolute atomic E-state index is 0.0391. The molecule has 18 heavy (non-hydrogen) atoms. The number of hydrogen-bond acceptors (Lipinski definition) is 2. The van der Waals surface area contributed by atoms with E-state index in [2.05, 4.69) is 5.32 Å². The Kier molecular flexibility index (Phi) is 4.20. The Labute approximate surface area is 108 Å². The average Bonchev–Trinajstić information content (AvgIpc) is 2.90. The van der Waals surface area contributed by atoms with Gasteiger partial charge < -0.3 is 11.1 Å². The maximum Gasteiger partial charge on any atom is 0.321 e. The highest BCUT2D eigenvalue weighted by atomic mass is 16.2. The smallest absolute Gasteiger partial charge is 0.321 e. The van der Waals surface area contributed by atoms with Gasteiger partial charge in [-0.15, -0.1) is 0 Å². The van der Waals surface area contributed by atoms with Gasteiger partial charge >= 0.3 is 6.03 Å². The van der Waals surface area contributed by atoms with Gasteiger partial charge in [-0.2, -0.15) is 0 Å². The number of para-hydroxylation sites is 1. The fourth-order valence-corrected chi connectivity index (χ4v) is 2.46. The van der Waals surface area contributed by atoms with E-state index in [1.807, 2.05) is 24.3 Å². The van der Waals surface area contributed by atoms with E-state index in [9.17, 15) is 4.79 Å². The van der Waals surface area contributed by atoms with Gasteiger partial charge in [-0.3, -0.25) is 4.90 Å². The van der Waals surface area contributed by atoms with Gasteiger partial charge in [-0.25, -0.2) is 4.79 Å². The van der Waals surface area contributed by atoms with E-state index >= 15 is 0 Å². The lowest BCUT2D eigenvalue weighted by Gasteiger charge is -2.23. The van der Waals surface area contributed by atoms with Gasteiger partial charge in [0, 0.05) is 25.3 Å². The third-order valence-corrected chi connectivity index (χ3v) is 3.56. The molecule has 98 valence electrons. The molecule has 1 aromatic rings. The second-order valence-corrected chi connectivity index (χ2v) is 4.82. The SMILES string of the molecule is CN(C(=O)NC1CCCC1)c1ccccc1CN. The summed E-state index contributed by atoms with van der Waals surface area (Å²) in [4.78, 5) is 13.8. The van der Waals surface area contributed by atoms with Crippen molar-refractivity contribution < 1.29 is 4.79 Å². The van der Waals surface area contributed by atoms with Gasteiger partial charge in [0.2, 0.25) is 0 Å². The summed E-state index contributed by atoms with van der Waals surface area (Å²) in [5.74, 6) is 0. The first-order valence-corrected chi connectivity index (χ1v) is 6.54. The van der Waals surface area contributed by atoms with Crippen LogP contribution in [0.2, 0.25) is 0 Å². The van der Waals surface area contributed by atoms with Gasteiger partial charge in [-0.05, 0) is 24.5 Å². The highest BCUT2D eigenvalue weighted by Gasteiger charge is 2.20. The summed E-state index contributed by atoms with van der Waals surface area (Å²) >= 11 is 0. The summed E-state index contributed by atoms with van der Waals surface area (Å²) in [6.07, 6.45) is 4.62. The van der Waals surface area contributed by atoms with Crippen LogP contribution in [0.25, 0.3) is 0 Å². The number of anilines is 1. The molecule has 0 radical (unpaired) electrons. The predicted octanol–water partition coefficient (Wildman–Crippen LogP) is 2.23. The molecule has 2 amide bonds. The Morgan fingerprint density at radius 1 is 1.39 bits per heavy atom. The molecular weight excluding hydrogens is 226 g/mol. The van der Waals surface area contributed by atoms with Gasteiger partial charge in [-0.1, -0.05) is 31.0 Å². The molecule has 0 aliphatic heterocycles. The summed E-state index contributed by atoms with van der Waals surface area (Å²) in [5.41, 5.74) is 7.57. The summed E-state index contributed by atoms with van der Waals surface area (Å²) in [7, 11) is 1.79. The number of nitrogens with one attached hydrogen (secondary N) is 1. The van der Waals surface area contributed by atoms with E-state index < -0.39 is 0 Å². The number of rotatable bonds is 3. The molecule has 0 spiro atoms. The Balaban J connectivity index is 2.05. The van der Waals surface area contributed by atoms with Crippen LogP contribution < -0.4 is 16.0 Å². The molecule has 1 aromatic carbocycles. The molecule has 1 saturated carbocycles. The van der Waals surface area contributed by atoms with Crippen LogP contribution in [0.3, 0.4) is 0 Å². The highest BCUT2D eigenvalue weighted by Crippen LogP contribution is 2.21. The van der Waals surface area contributed by atoms with Crippen LogP contribution in [-0.2, 0) is 6.54 Å². The van der Waals surface area contributed by atoms with Crippen LogP contribution in [0, 0.1) is 0 Å². The first kappa shape index (κ1) is 12.9. The Morgan fingerprint density at radius 2 is 2.06 bits per heavy atom. The standard InChI is InChI=1S/C14H21N3O/c1-17(13-9-5-2-6-11(13)10-15)14(18)16-12-7-3-4-8-12/h2,5-6,9,12H,3-4,7-8,10,15H2,1H3,(H,16,18). The quantitative estimate of drug-likeness (QED) is 0.860. The zero-order valence-electron chi connectivity index (χ0n) is 10.9.